The van der Waals surface area contributed by atoms with Gasteiger partial charge in [0.15, 0.2) is 0 Å². The van der Waals surface area contributed by atoms with Gasteiger partial charge in [0, 0.05) is 19.7 Å². The Morgan fingerprint density at radius 1 is 1.29 bits per heavy atom. The van der Waals surface area contributed by atoms with E-state index in [0.29, 0.717) is 12.5 Å². The van der Waals surface area contributed by atoms with Crippen LogP contribution in [0, 0.1) is 5.92 Å². The zero-order valence-corrected chi connectivity index (χ0v) is 11.9. The van der Waals surface area contributed by atoms with Crippen LogP contribution < -0.4 is 10.6 Å². The smallest absolute Gasteiger partial charge is 0.236 e. The van der Waals surface area contributed by atoms with Gasteiger partial charge in [-0.3, -0.25) is 4.79 Å². The summed E-state index contributed by atoms with van der Waals surface area (Å²) in [4.78, 5) is 11.8. The highest BCUT2D eigenvalue weighted by Gasteiger charge is 2.19. The van der Waals surface area contributed by atoms with Gasteiger partial charge < -0.3 is 15.4 Å². The monoisotopic (exact) mass is 244 g/mol. The Morgan fingerprint density at radius 3 is 2.41 bits per heavy atom. The van der Waals surface area contributed by atoms with Crippen LogP contribution in [-0.4, -0.2) is 38.3 Å². The highest BCUT2D eigenvalue weighted by molar-refractivity contribution is 5.81. The highest BCUT2D eigenvalue weighted by atomic mass is 16.5. The number of carbonyl (C=O) groups excluding carboxylic acids is 1. The molecule has 0 aliphatic rings. The van der Waals surface area contributed by atoms with Gasteiger partial charge in [0.05, 0.1) is 12.6 Å². The number of methoxy groups -OCH3 is 1. The first-order valence-corrected chi connectivity index (χ1v) is 6.55. The summed E-state index contributed by atoms with van der Waals surface area (Å²) < 4.78 is 5.15. The van der Waals surface area contributed by atoms with Gasteiger partial charge in [-0.05, 0) is 19.3 Å². The molecule has 0 rings (SSSR count). The Labute approximate surface area is 105 Å². The molecule has 0 heterocycles. The van der Waals surface area contributed by atoms with Crippen LogP contribution in [0.2, 0.25) is 0 Å². The van der Waals surface area contributed by atoms with Crippen molar-refractivity contribution in [3.05, 3.63) is 0 Å². The van der Waals surface area contributed by atoms with E-state index >= 15 is 0 Å². The van der Waals surface area contributed by atoms with Gasteiger partial charge in [-0.15, -0.1) is 0 Å². The third kappa shape index (κ3) is 7.34. The molecule has 17 heavy (non-hydrogen) atoms. The average Bonchev–Trinajstić information content (AvgIpc) is 2.28. The number of hydrogen-bond donors (Lipinski definition) is 2. The zero-order chi connectivity index (χ0) is 13.3. The number of unbranched alkanes of at least 4 members (excludes halogenated alkanes) is 1. The fourth-order valence-corrected chi connectivity index (χ4v) is 1.55. The molecule has 4 heteroatoms. The van der Waals surface area contributed by atoms with Gasteiger partial charge in [0.2, 0.25) is 5.91 Å². The molecular weight excluding hydrogens is 216 g/mol. The van der Waals surface area contributed by atoms with Gasteiger partial charge in [0.25, 0.3) is 0 Å². The molecule has 1 amide bonds. The van der Waals surface area contributed by atoms with E-state index in [9.17, 15) is 4.79 Å². The van der Waals surface area contributed by atoms with Crippen LogP contribution in [0.1, 0.15) is 40.5 Å². The van der Waals surface area contributed by atoms with Crippen molar-refractivity contribution >= 4 is 5.91 Å². The van der Waals surface area contributed by atoms with Crippen molar-refractivity contribution < 1.29 is 9.53 Å². The van der Waals surface area contributed by atoms with E-state index in [0.717, 1.165) is 19.4 Å². The first kappa shape index (κ1) is 16.4. The van der Waals surface area contributed by atoms with Crippen molar-refractivity contribution in [1.29, 1.82) is 0 Å². The van der Waals surface area contributed by atoms with Crippen molar-refractivity contribution in [2.75, 3.05) is 20.3 Å². The maximum absolute atomic E-state index is 11.8. The van der Waals surface area contributed by atoms with Gasteiger partial charge >= 0.3 is 0 Å². The lowest BCUT2D eigenvalue weighted by Crippen LogP contribution is -2.50. The van der Waals surface area contributed by atoms with E-state index in [1.165, 1.54) is 0 Å². The number of amides is 1. The molecule has 102 valence electrons. The average molecular weight is 244 g/mol. The minimum Gasteiger partial charge on any atom is -0.383 e. The van der Waals surface area contributed by atoms with E-state index in [1.807, 2.05) is 6.92 Å². The largest absolute Gasteiger partial charge is 0.383 e. The van der Waals surface area contributed by atoms with Gasteiger partial charge in [-0.2, -0.15) is 0 Å². The molecular formula is C13H28N2O2. The third-order valence-electron chi connectivity index (χ3n) is 2.84. The van der Waals surface area contributed by atoms with Crippen LogP contribution in [0.3, 0.4) is 0 Å². The molecule has 0 fully saturated rings. The molecule has 2 unspecified atom stereocenters. The van der Waals surface area contributed by atoms with E-state index in [2.05, 4.69) is 31.4 Å². The number of carbonyl (C=O) groups is 1. The van der Waals surface area contributed by atoms with Crippen molar-refractivity contribution in [3.8, 4) is 0 Å². The van der Waals surface area contributed by atoms with Crippen LogP contribution in [0.4, 0.5) is 0 Å². The van der Waals surface area contributed by atoms with E-state index in [1.54, 1.807) is 7.11 Å². The Morgan fingerprint density at radius 2 is 1.94 bits per heavy atom. The normalized spacial score (nSPS) is 14.7. The number of nitrogens with one attached hydrogen (secondary N) is 2. The molecule has 0 saturated heterocycles. The lowest BCUT2D eigenvalue weighted by Gasteiger charge is -2.25. The van der Waals surface area contributed by atoms with E-state index < -0.39 is 0 Å². The Bertz CT molecular complexity index is 208. The highest BCUT2D eigenvalue weighted by Crippen LogP contribution is 2.03. The van der Waals surface area contributed by atoms with Crippen LogP contribution >= 0.6 is 0 Å². The summed E-state index contributed by atoms with van der Waals surface area (Å²) in [5.74, 6) is 0.515. The first-order chi connectivity index (χ1) is 8.02. The molecule has 0 bridgehead atoms. The molecule has 0 aromatic heterocycles. The molecule has 0 aromatic rings. The summed E-state index contributed by atoms with van der Waals surface area (Å²) in [6, 6.07) is 0.0429. The first-order valence-electron chi connectivity index (χ1n) is 6.55. The minimum absolute atomic E-state index is 0.0696. The van der Waals surface area contributed by atoms with Gasteiger partial charge in [-0.1, -0.05) is 27.2 Å². The Hall–Kier alpha value is -0.610. The number of ether oxygens (including phenoxy) is 1. The Kier molecular flexibility index (Phi) is 9.09. The number of hydrogen-bond acceptors (Lipinski definition) is 3. The molecule has 0 aliphatic carbocycles. The van der Waals surface area contributed by atoms with E-state index in [4.69, 9.17) is 4.74 Å². The molecule has 0 saturated carbocycles. The summed E-state index contributed by atoms with van der Waals surface area (Å²) in [6.07, 6.45) is 2.13. The second kappa shape index (κ2) is 9.42. The minimum atomic E-state index is -0.172. The van der Waals surface area contributed by atoms with Crippen molar-refractivity contribution in [2.45, 2.75) is 52.6 Å². The summed E-state index contributed by atoms with van der Waals surface area (Å²) in [6.45, 7) is 9.65. The topological polar surface area (TPSA) is 50.4 Å². The maximum atomic E-state index is 11.8. The fraction of sp³-hybridized carbons (Fsp3) is 0.923. The SMILES string of the molecule is CCCCNC(=O)C(C)NC(COC)C(C)C. The summed E-state index contributed by atoms with van der Waals surface area (Å²) in [7, 11) is 1.68. The fourth-order valence-electron chi connectivity index (χ4n) is 1.55. The quantitative estimate of drug-likeness (QED) is 0.605. The zero-order valence-electron chi connectivity index (χ0n) is 11.9. The predicted octanol–water partition coefficient (Wildman–Crippen LogP) is 1.55. The molecule has 0 spiro atoms. The van der Waals surface area contributed by atoms with Crippen molar-refractivity contribution in [3.63, 3.8) is 0 Å². The standard InChI is InChI=1S/C13H28N2O2/c1-6-7-8-14-13(16)11(4)15-12(9-17-5)10(2)3/h10-12,15H,6-9H2,1-5H3,(H,14,16). The molecule has 0 aromatic carbocycles. The maximum Gasteiger partial charge on any atom is 0.236 e. The summed E-state index contributed by atoms with van der Waals surface area (Å²) in [5.41, 5.74) is 0. The Balaban J connectivity index is 4.02. The van der Waals surface area contributed by atoms with Crippen molar-refractivity contribution in [2.24, 2.45) is 5.92 Å². The summed E-state index contributed by atoms with van der Waals surface area (Å²) in [5, 5.41) is 6.23. The molecule has 2 N–H and O–H groups in total. The van der Waals surface area contributed by atoms with E-state index in [-0.39, 0.29) is 18.0 Å². The number of rotatable bonds is 9. The molecule has 2 atom stereocenters. The molecule has 4 nitrogen and oxygen atoms in total. The summed E-state index contributed by atoms with van der Waals surface area (Å²) >= 11 is 0. The van der Waals surface area contributed by atoms with Gasteiger partial charge in [-0.25, -0.2) is 0 Å². The predicted molar refractivity (Wildman–Crippen MR) is 71.0 cm³/mol. The van der Waals surface area contributed by atoms with Crippen LogP contribution in [-0.2, 0) is 9.53 Å². The van der Waals surface area contributed by atoms with Crippen LogP contribution in [0.15, 0.2) is 0 Å². The lowest BCUT2D eigenvalue weighted by molar-refractivity contribution is -0.123. The third-order valence-corrected chi connectivity index (χ3v) is 2.84. The van der Waals surface area contributed by atoms with Crippen LogP contribution in [0.25, 0.3) is 0 Å². The molecule has 0 radical (unpaired) electrons. The second-order valence-electron chi connectivity index (χ2n) is 4.84. The second-order valence-corrected chi connectivity index (χ2v) is 4.84. The van der Waals surface area contributed by atoms with Crippen LogP contribution in [0.5, 0.6) is 0 Å². The van der Waals surface area contributed by atoms with Gasteiger partial charge in [0.1, 0.15) is 0 Å². The molecule has 0 aliphatic heterocycles. The van der Waals surface area contributed by atoms with Crippen molar-refractivity contribution in [1.82, 2.24) is 10.6 Å². The lowest BCUT2D eigenvalue weighted by atomic mass is 10.0.